The summed E-state index contributed by atoms with van der Waals surface area (Å²) in [4.78, 5) is 43.6. The van der Waals surface area contributed by atoms with E-state index in [1.54, 1.807) is 23.1 Å². The molecule has 7 heteroatoms. The Hall–Kier alpha value is -2.77. The molecule has 30 heavy (non-hydrogen) atoms. The third-order valence-electron chi connectivity index (χ3n) is 5.22. The Morgan fingerprint density at radius 3 is 2.37 bits per heavy atom. The van der Waals surface area contributed by atoms with Crippen molar-refractivity contribution < 1.29 is 14.4 Å². The van der Waals surface area contributed by atoms with E-state index in [2.05, 4.69) is 13.8 Å². The SMILES string of the molecule is CC(C)c1ccc(N2C(=O)CC(N(Cc3cccs3)C(=O)c3cccs3)C2=O)cc1. The molecule has 1 aliphatic rings. The van der Waals surface area contributed by atoms with Crippen LogP contribution in [0.1, 0.15) is 46.3 Å². The second kappa shape index (κ2) is 8.53. The zero-order chi connectivity index (χ0) is 21.3. The number of benzene rings is 1. The molecule has 3 amide bonds. The summed E-state index contributed by atoms with van der Waals surface area (Å²) in [7, 11) is 0. The normalized spacial score (nSPS) is 16.5. The lowest BCUT2D eigenvalue weighted by Gasteiger charge is -2.27. The molecule has 0 N–H and O–H groups in total. The number of hydrogen-bond acceptors (Lipinski definition) is 5. The smallest absolute Gasteiger partial charge is 0.264 e. The predicted octanol–water partition coefficient (Wildman–Crippen LogP) is 4.91. The minimum absolute atomic E-state index is 0.00669. The number of amides is 3. The summed E-state index contributed by atoms with van der Waals surface area (Å²) in [5.41, 5.74) is 1.69. The van der Waals surface area contributed by atoms with Crippen LogP contribution < -0.4 is 4.90 Å². The van der Waals surface area contributed by atoms with E-state index in [0.717, 1.165) is 10.4 Å². The van der Waals surface area contributed by atoms with Crippen LogP contribution in [0.25, 0.3) is 0 Å². The zero-order valence-corrected chi connectivity index (χ0v) is 18.4. The monoisotopic (exact) mass is 438 g/mol. The summed E-state index contributed by atoms with van der Waals surface area (Å²) < 4.78 is 0. The standard InChI is InChI=1S/C23H22N2O3S2/c1-15(2)16-7-9-17(10-8-16)25-21(26)13-19(22(25)27)24(14-18-5-3-11-29-18)23(28)20-6-4-12-30-20/h3-12,15,19H,13-14H2,1-2H3. The highest BCUT2D eigenvalue weighted by molar-refractivity contribution is 7.12. The molecule has 3 heterocycles. The summed E-state index contributed by atoms with van der Waals surface area (Å²) in [6, 6.07) is 14.1. The van der Waals surface area contributed by atoms with Crippen LogP contribution in [0.4, 0.5) is 5.69 Å². The maximum absolute atomic E-state index is 13.3. The highest BCUT2D eigenvalue weighted by Crippen LogP contribution is 2.30. The van der Waals surface area contributed by atoms with Crippen molar-refractivity contribution in [1.29, 1.82) is 0 Å². The number of carbonyl (C=O) groups excluding carboxylic acids is 3. The number of nitrogens with zero attached hydrogens (tertiary/aromatic N) is 2. The van der Waals surface area contributed by atoms with Gasteiger partial charge in [-0.3, -0.25) is 14.4 Å². The topological polar surface area (TPSA) is 57.7 Å². The molecule has 0 aliphatic carbocycles. The van der Waals surface area contributed by atoms with Gasteiger partial charge in [0.2, 0.25) is 5.91 Å². The van der Waals surface area contributed by atoms with Gasteiger partial charge < -0.3 is 4.90 Å². The lowest BCUT2D eigenvalue weighted by Crippen LogP contribution is -2.44. The molecule has 4 rings (SSSR count). The molecule has 1 unspecified atom stereocenters. The van der Waals surface area contributed by atoms with E-state index in [9.17, 15) is 14.4 Å². The molecule has 0 radical (unpaired) electrons. The number of anilines is 1. The van der Waals surface area contributed by atoms with Gasteiger partial charge >= 0.3 is 0 Å². The van der Waals surface area contributed by atoms with E-state index in [4.69, 9.17) is 0 Å². The fourth-order valence-electron chi connectivity index (χ4n) is 3.57. The van der Waals surface area contributed by atoms with Gasteiger partial charge in [0.1, 0.15) is 6.04 Å². The molecule has 1 fully saturated rings. The summed E-state index contributed by atoms with van der Waals surface area (Å²) in [5.74, 6) is -0.487. The highest BCUT2D eigenvalue weighted by Gasteiger charge is 2.44. The largest absolute Gasteiger partial charge is 0.320 e. The fourth-order valence-corrected chi connectivity index (χ4v) is 4.96. The molecule has 1 aromatic carbocycles. The van der Waals surface area contributed by atoms with Crippen LogP contribution in [0.5, 0.6) is 0 Å². The Morgan fingerprint density at radius 1 is 1.07 bits per heavy atom. The summed E-state index contributed by atoms with van der Waals surface area (Å²) >= 11 is 2.86. The first-order valence-electron chi connectivity index (χ1n) is 9.79. The molecule has 1 saturated heterocycles. The molecule has 2 aromatic heterocycles. The molecule has 0 bridgehead atoms. The van der Waals surface area contributed by atoms with Crippen LogP contribution in [0.3, 0.4) is 0 Å². The second-order valence-electron chi connectivity index (χ2n) is 7.52. The van der Waals surface area contributed by atoms with Gasteiger partial charge in [0.05, 0.1) is 23.5 Å². The van der Waals surface area contributed by atoms with Crippen molar-refractivity contribution >= 4 is 46.1 Å². The van der Waals surface area contributed by atoms with Crippen molar-refractivity contribution in [2.24, 2.45) is 0 Å². The maximum atomic E-state index is 13.3. The molecule has 0 spiro atoms. The highest BCUT2D eigenvalue weighted by atomic mass is 32.1. The minimum Gasteiger partial charge on any atom is -0.320 e. The summed E-state index contributed by atoms with van der Waals surface area (Å²) in [6.07, 6.45) is -0.00669. The summed E-state index contributed by atoms with van der Waals surface area (Å²) in [5, 5.41) is 3.77. The Labute approximate surface area is 183 Å². The minimum atomic E-state index is -0.807. The lowest BCUT2D eigenvalue weighted by molar-refractivity contribution is -0.122. The first-order valence-corrected chi connectivity index (χ1v) is 11.5. The average Bonchev–Trinajstić information content (AvgIpc) is 3.48. The van der Waals surface area contributed by atoms with Crippen LogP contribution in [-0.2, 0) is 16.1 Å². The molecule has 1 aliphatic heterocycles. The average molecular weight is 439 g/mol. The molecular weight excluding hydrogens is 416 g/mol. The molecule has 0 saturated carbocycles. The molecule has 154 valence electrons. The van der Waals surface area contributed by atoms with Gasteiger partial charge in [-0.2, -0.15) is 0 Å². The van der Waals surface area contributed by atoms with Crippen LogP contribution in [0, 0.1) is 0 Å². The van der Waals surface area contributed by atoms with Crippen LogP contribution >= 0.6 is 22.7 Å². The Kier molecular flexibility index (Phi) is 5.83. The van der Waals surface area contributed by atoms with Gasteiger partial charge in [-0.1, -0.05) is 38.1 Å². The van der Waals surface area contributed by atoms with E-state index >= 15 is 0 Å². The Bertz CT molecular complexity index is 1040. The molecular formula is C23H22N2O3S2. The quantitative estimate of drug-likeness (QED) is 0.514. The van der Waals surface area contributed by atoms with E-state index in [1.165, 1.54) is 27.6 Å². The molecule has 3 aromatic rings. The van der Waals surface area contributed by atoms with Gasteiger partial charge in [-0.25, -0.2) is 4.90 Å². The van der Waals surface area contributed by atoms with Crippen LogP contribution in [-0.4, -0.2) is 28.7 Å². The van der Waals surface area contributed by atoms with Gasteiger partial charge in [-0.15, -0.1) is 22.7 Å². The Balaban J connectivity index is 1.63. The van der Waals surface area contributed by atoms with E-state index in [-0.39, 0.29) is 24.1 Å². The van der Waals surface area contributed by atoms with E-state index in [0.29, 0.717) is 23.0 Å². The van der Waals surface area contributed by atoms with Crippen molar-refractivity contribution in [3.63, 3.8) is 0 Å². The third kappa shape index (κ3) is 3.95. The van der Waals surface area contributed by atoms with Crippen molar-refractivity contribution in [2.45, 2.75) is 38.8 Å². The predicted molar refractivity (Wildman–Crippen MR) is 120 cm³/mol. The number of thiophene rings is 2. The first kappa shape index (κ1) is 20.5. The van der Waals surface area contributed by atoms with Crippen molar-refractivity contribution in [3.8, 4) is 0 Å². The van der Waals surface area contributed by atoms with Gasteiger partial charge in [-0.05, 0) is 46.5 Å². The second-order valence-corrected chi connectivity index (χ2v) is 9.50. The van der Waals surface area contributed by atoms with Crippen molar-refractivity contribution in [2.75, 3.05) is 4.90 Å². The third-order valence-corrected chi connectivity index (χ3v) is 6.94. The fraction of sp³-hybridized carbons (Fsp3) is 0.261. The van der Waals surface area contributed by atoms with E-state index in [1.807, 2.05) is 41.1 Å². The van der Waals surface area contributed by atoms with E-state index < -0.39 is 6.04 Å². The van der Waals surface area contributed by atoms with Crippen molar-refractivity contribution in [1.82, 2.24) is 4.90 Å². The van der Waals surface area contributed by atoms with Gasteiger partial charge in [0.25, 0.3) is 11.8 Å². The van der Waals surface area contributed by atoms with Crippen LogP contribution in [0.2, 0.25) is 0 Å². The first-order chi connectivity index (χ1) is 14.5. The zero-order valence-electron chi connectivity index (χ0n) is 16.8. The number of imide groups is 1. The van der Waals surface area contributed by atoms with Gasteiger partial charge in [0, 0.05) is 4.88 Å². The molecule has 5 nitrogen and oxygen atoms in total. The summed E-state index contributed by atoms with van der Waals surface area (Å²) in [6.45, 7) is 4.49. The van der Waals surface area contributed by atoms with Crippen LogP contribution in [0.15, 0.2) is 59.3 Å². The van der Waals surface area contributed by atoms with Crippen molar-refractivity contribution in [3.05, 3.63) is 74.6 Å². The Morgan fingerprint density at radius 2 is 1.77 bits per heavy atom. The number of hydrogen-bond donors (Lipinski definition) is 0. The number of rotatable bonds is 6. The lowest BCUT2D eigenvalue weighted by atomic mass is 10.0. The number of carbonyl (C=O) groups is 3. The molecule has 1 atom stereocenters. The maximum Gasteiger partial charge on any atom is 0.264 e. The van der Waals surface area contributed by atoms with Gasteiger partial charge in [0.15, 0.2) is 0 Å².